The van der Waals surface area contributed by atoms with Gasteiger partial charge in [0.1, 0.15) is 5.82 Å². The van der Waals surface area contributed by atoms with Gasteiger partial charge in [0.15, 0.2) is 5.89 Å². The zero-order valence-corrected chi connectivity index (χ0v) is 13.1. The second kappa shape index (κ2) is 6.43. The Morgan fingerprint density at radius 2 is 2.04 bits per heavy atom. The van der Waals surface area contributed by atoms with E-state index in [9.17, 15) is 14.0 Å². The van der Waals surface area contributed by atoms with Gasteiger partial charge < -0.3 is 14.8 Å². The number of nitrogens with one attached hydrogen (secondary N) is 1. The van der Waals surface area contributed by atoms with Crippen LogP contribution in [0.4, 0.5) is 4.39 Å². The number of hydrogen-bond acceptors (Lipinski definition) is 4. The van der Waals surface area contributed by atoms with Crippen LogP contribution in [0.25, 0.3) is 0 Å². The lowest BCUT2D eigenvalue weighted by Crippen LogP contribution is -2.30. The molecule has 6 nitrogen and oxygen atoms in total. The van der Waals surface area contributed by atoms with Gasteiger partial charge in [0, 0.05) is 5.92 Å². The molecular weight excluding hydrogens is 315 g/mol. The van der Waals surface area contributed by atoms with Gasteiger partial charge in [-0.25, -0.2) is 9.37 Å². The number of aryl methyl sites for hydroxylation is 1. The maximum Gasteiger partial charge on any atom is 0.305 e. The van der Waals surface area contributed by atoms with Crippen molar-refractivity contribution in [1.29, 1.82) is 0 Å². The molecule has 0 bridgehead atoms. The van der Waals surface area contributed by atoms with E-state index >= 15 is 0 Å². The Balaban J connectivity index is 1.79. The average Bonchev–Trinajstić information content (AvgIpc) is 3.29. The molecule has 7 heteroatoms. The van der Waals surface area contributed by atoms with Crippen molar-refractivity contribution in [2.75, 3.05) is 0 Å². The van der Waals surface area contributed by atoms with Crippen LogP contribution >= 0.6 is 0 Å². The monoisotopic (exact) mass is 332 g/mol. The zero-order valence-electron chi connectivity index (χ0n) is 13.1. The van der Waals surface area contributed by atoms with Crippen LogP contribution in [0, 0.1) is 12.7 Å². The number of carbonyl (C=O) groups excluding carboxylic acids is 1. The molecule has 126 valence electrons. The molecule has 2 N–H and O–H groups in total. The lowest BCUT2D eigenvalue weighted by Gasteiger charge is -2.16. The lowest BCUT2D eigenvalue weighted by molar-refractivity contribution is -0.137. The fraction of sp³-hybridized carbons (Fsp3) is 0.353. The van der Waals surface area contributed by atoms with Crippen LogP contribution in [0.2, 0.25) is 0 Å². The second-order valence-corrected chi connectivity index (χ2v) is 5.92. The SMILES string of the molecule is Cc1nc(C2CC2)oc1C(=O)NC(CC(=O)O)c1ccc(F)cc1. The molecule has 0 spiro atoms. The van der Waals surface area contributed by atoms with Crippen molar-refractivity contribution in [3.05, 3.63) is 53.0 Å². The van der Waals surface area contributed by atoms with Gasteiger partial charge in [-0.2, -0.15) is 0 Å². The molecule has 1 saturated carbocycles. The molecule has 1 amide bonds. The summed E-state index contributed by atoms with van der Waals surface area (Å²) in [5.74, 6) is -1.11. The lowest BCUT2D eigenvalue weighted by atomic mass is 10.0. The number of oxazole rings is 1. The van der Waals surface area contributed by atoms with Crippen molar-refractivity contribution >= 4 is 11.9 Å². The number of aliphatic carboxylic acids is 1. The van der Waals surface area contributed by atoms with E-state index in [1.165, 1.54) is 24.3 Å². The molecule has 1 fully saturated rings. The van der Waals surface area contributed by atoms with Crippen LogP contribution in [0.15, 0.2) is 28.7 Å². The highest BCUT2D eigenvalue weighted by atomic mass is 19.1. The summed E-state index contributed by atoms with van der Waals surface area (Å²) in [6.07, 6.45) is 1.68. The number of carbonyl (C=O) groups is 2. The number of hydrogen-bond donors (Lipinski definition) is 2. The highest BCUT2D eigenvalue weighted by molar-refractivity contribution is 5.93. The van der Waals surface area contributed by atoms with Gasteiger partial charge in [0.05, 0.1) is 18.2 Å². The first-order valence-electron chi connectivity index (χ1n) is 7.69. The smallest absolute Gasteiger partial charge is 0.305 e. The van der Waals surface area contributed by atoms with E-state index in [2.05, 4.69) is 10.3 Å². The fourth-order valence-corrected chi connectivity index (χ4v) is 2.48. The summed E-state index contributed by atoms with van der Waals surface area (Å²) in [7, 11) is 0. The van der Waals surface area contributed by atoms with Crippen LogP contribution in [-0.4, -0.2) is 22.0 Å². The minimum atomic E-state index is -1.07. The van der Waals surface area contributed by atoms with Gasteiger partial charge in [0.2, 0.25) is 5.76 Å². The first-order valence-corrected chi connectivity index (χ1v) is 7.69. The molecule has 3 rings (SSSR count). The first kappa shape index (κ1) is 16.2. The molecule has 1 heterocycles. The van der Waals surface area contributed by atoms with Crippen LogP contribution in [0.1, 0.15) is 58.9 Å². The Kier molecular flexibility index (Phi) is 4.33. The Morgan fingerprint density at radius 1 is 1.38 bits per heavy atom. The number of carboxylic acid groups (broad SMARTS) is 1. The first-order chi connectivity index (χ1) is 11.4. The molecule has 0 saturated heterocycles. The summed E-state index contributed by atoms with van der Waals surface area (Å²) in [6.45, 7) is 1.67. The predicted molar refractivity (Wildman–Crippen MR) is 82.1 cm³/mol. The molecule has 2 aromatic rings. The summed E-state index contributed by atoms with van der Waals surface area (Å²) in [4.78, 5) is 27.8. The molecular formula is C17H17FN2O4. The summed E-state index contributed by atoms with van der Waals surface area (Å²) in [6, 6.07) is 4.56. The standard InChI is InChI=1S/C17H17FN2O4/c1-9-15(24-17(19-9)11-2-3-11)16(23)20-13(8-14(21)22)10-4-6-12(18)7-5-10/h4-7,11,13H,2-3,8H2,1H3,(H,20,23)(H,21,22). The van der Waals surface area contributed by atoms with Crippen LogP contribution < -0.4 is 5.32 Å². The molecule has 1 aliphatic carbocycles. The van der Waals surface area contributed by atoms with Gasteiger partial charge in [-0.15, -0.1) is 0 Å². The van der Waals surface area contributed by atoms with E-state index in [-0.39, 0.29) is 18.1 Å². The van der Waals surface area contributed by atoms with E-state index in [0.29, 0.717) is 17.1 Å². The number of aromatic nitrogens is 1. The fourth-order valence-electron chi connectivity index (χ4n) is 2.48. The van der Waals surface area contributed by atoms with Gasteiger partial charge in [0.25, 0.3) is 5.91 Å². The van der Waals surface area contributed by atoms with E-state index in [4.69, 9.17) is 9.52 Å². The normalized spacial score (nSPS) is 15.1. The van der Waals surface area contributed by atoms with Gasteiger partial charge in [-0.1, -0.05) is 12.1 Å². The van der Waals surface area contributed by atoms with Crippen molar-refractivity contribution in [2.24, 2.45) is 0 Å². The highest BCUT2D eigenvalue weighted by Gasteiger charge is 2.31. The summed E-state index contributed by atoms with van der Waals surface area (Å²) in [5.41, 5.74) is 0.981. The van der Waals surface area contributed by atoms with Gasteiger partial charge in [-0.05, 0) is 37.5 Å². The number of nitrogens with zero attached hydrogens (tertiary/aromatic N) is 1. The molecule has 1 aliphatic rings. The largest absolute Gasteiger partial charge is 0.481 e. The van der Waals surface area contributed by atoms with E-state index < -0.39 is 23.7 Å². The van der Waals surface area contributed by atoms with E-state index in [1.54, 1.807) is 6.92 Å². The van der Waals surface area contributed by atoms with Crippen LogP contribution in [0.5, 0.6) is 0 Å². The van der Waals surface area contributed by atoms with Crippen molar-refractivity contribution in [2.45, 2.75) is 38.1 Å². The van der Waals surface area contributed by atoms with Crippen molar-refractivity contribution in [3.8, 4) is 0 Å². The quantitative estimate of drug-likeness (QED) is 0.848. The second-order valence-electron chi connectivity index (χ2n) is 5.92. The molecule has 0 radical (unpaired) electrons. The number of rotatable bonds is 6. The molecule has 1 aromatic heterocycles. The molecule has 24 heavy (non-hydrogen) atoms. The molecule has 1 aromatic carbocycles. The van der Waals surface area contributed by atoms with E-state index in [1.807, 2.05) is 0 Å². The number of halogens is 1. The van der Waals surface area contributed by atoms with Crippen LogP contribution in [-0.2, 0) is 4.79 Å². The number of carboxylic acids is 1. The summed E-state index contributed by atoms with van der Waals surface area (Å²) in [5, 5.41) is 11.7. The van der Waals surface area contributed by atoms with E-state index in [0.717, 1.165) is 12.8 Å². The Hall–Kier alpha value is -2.70. The maximum atomic E-state index is 13.1. The van der Waals surface area contributed by atoms with Gasteiger partial charge >= 0.3 is 5.97 Å². The highest BCUT2D eigenvalue weighted by Crippen LogP contribution is 2.40. The minimum absolute atomic E-state index is 0.0920. The third-order valence-electron chi connectivity index (χ3n) is 3.90. The zero-order chi connectivity index (χ0) is 17.3. The minimum Gasteiger partial charge on any atom is -0.481 e. The van der Waals surface area contributed by atoms with Crippen molar-refractivity contribution in [1.82, 2.24) is 10.3 Å². The molecule has 0 aliphatic heterocycles. The van der Waals surface area contributed by atoms with Crippen molar-refractivity contribution in [3.63, 3.8) is 0 Å². The Labute approximate surface area is 137 Å². The van der Waals surface area contributed by atoms with Gasteiger partial charge in [-0.3, -0.25) is 9.59 Å². The third kappa shape index (κ3) is 3.61. The average molecular weight is 332 g/mol. The van der Waals surface area contributed by atoms with Crippen molar-refractivity contribution < 1.29 is 23.5 Å². The third-order valence-corrected chi connectivity index (χ3v) is 3.90. The van der Waals surface area contributed by atoms with Crippen LogP contribution in [0.3, 0.4) is 0 Å². The number of benzene rings is 1. The predicted octanol–water partition coefficient (Wildman–Crippen LogP) is 2.95. The molecule has 1 unspecified atom stereocenters. The number of amides is 1. The Morgan fingerprint density at radius 3 is 2.62 bits per heavy atom. The summed E-state index contributed by atoms with van der Waals surface area (Å²) < 4.78 is 18.6. The Bertz CT molecular complexity index is 765. The topological polar surface area (TPSA) is 92.4 Å². The summed E-state index contributed by atoms with van der Waals surface area (Å²) >= 11 is 0. The molecule has 1 atom stereocenters. The maximum absolute atomic E-state index is 13.1.